The van der Waals surface area contributed by atoms with E-state index in [4.69, 9.17) is 4.98 Å². The van der Waals surface area contributed by atoms with E-state index in [2.05, 4.69) is 66.8 Å². The van der Waals surface area contributed by atoms with Crippen LogP contribution in [0.1, 0.15) is 16.7 Å². The van der Waals surface area contributed by atoms with Gasteiger partial charge in [0.1, 0.15) is 0 Å². The molecule has 0 spiro atoms. The molecule has 0 aliphatic carbocycles. The van der Waals surface area contributed by atoms with Crippen molar-refractivity contribution >= 4 is 22.7 Å². The third-order valence-electron chi connectivity index (χ3n) is 4.62. The number of thiazole rings is 1. The van der Waals surface area contributed by atoms with Crippen LogP contribution in [0.2, 0.25) is 0 Å². The summed E-state index contributed by atoms with van der Waals surface area (Å²) in [4.78, 5) is 5.99. The molecule has 0 fully saturated rings. The number of anilines is 1. The Morgan fingerprint density at radius 3 is 2.25 bits per heavy atom. The summed E-state index contributed by atoms with van der Waals surface area (Å²) in [5.74, 6) is 0. The molecule has 0 amide bonds. The number of nitrogens with one attached hydrogen (secondary N) is 1. The van der Waals surface area contributed by atoms with Gasteiger partial charge in [-0.25, -0.2) is 4.98 Å². The number of aryl methyl sites for hydroxylation is 2. The number of hydrazone groups is 1. The summed E-state index contributed by atoms with van der Waals surface area (Å²) in [5, 5.41) is 5.14. The molecule has 0 unspecified atom stereocenters. The van der Waals surface area contributed by atoms with Crippen LogP contribution in [0.15, 0.2) is 84.0 Å². The van der Waals surface area contributed by atoms with E-state index in [0.717, 1.165) is 32.4 Å². The molecule has 0 aliphatic rings. The van der Waals surface area contributed by atoms with Crippen LogP contribution in [0.5, 0.6) is 0 Å². The van der Waals surface area contributed by atoms with E-state index in [9.17, 15) is 0 Å². The second kappa shape index (κ2) is 8.19. The molecule has 0 saturated carbocycles. The predicted molar refractivity (Wildman–Crippen MR) is 120 cm³/mol. The molecular weight excluding hydrogens is 362 g/mol. The van der Waals surface area contributed by atoms with Crippen molar-refractivity contribution in [2.24, 2.45) is 5.10 Å². The van der Waals surface area contributed by atoms with Gasteiger partial charge in [-0.1, -0.05) is 84.1 Å². The highest BCUT2D eigenvalue weighted by molar-refractivity contribution is 7.19. The standard InChI is InChI=1S/C24H21N3S/c1-17-13-14-21(15-18(17)2)22-23(20-11-7-4-8-12-20)28-24(26-22)27-25-16-19-9-5-3-6-10-19/h3-16H,1-2H3,(H,26,27)/b25-16-. The Morgan fingerprint density at radius 1 is 0.821 bits per heavy atom. The summed E-state index contributed by atoms with van der Waals surface area (Å²) in [6.45, 7) is 4.26. The molecule has 28 heavy (non-hydrogen) atoms. The number of hydrogen-bond acceptors (Lipinski definition) is 4. The lowest BCUT2D eigenvalue weighted by atomic mass is 10.0. The third kappa shape index (κ3) is 4.02. The van der Waals surface area contributed by atoms with Crippen LogP contribution in [0.3, 0.4) is 0 Å². The van der Waals surface area contributed by atoms with Crippen LogP contribution in [0.4, 0.5) is 5.13 Å². The van der Waals surface area contributed by atoms with E-state index < -0.39 is 0 Å². The first-order valence-electron chi connectivity index (χ1n) is 9.19. The van der Waals surface area contributed by atoms with Crippen molar-refractivity contribution in [3.63, 3.8) is 0 Å². The first-order valence-corrected chi connectivity index (χ1v) is 10.0. The minimum absolute atomic E-state index is 0.777. The Bertz CT molecular complexity index is 1100. The topological polar surface area (TPSA) is 37.3 Å². The molecule has 0 bridgehead atoms. The maximum Gasteiger partial charge on any atom is 0.204 e. The Hall–Kier alpha value is -3.24. The zero-order valence-corrected chi connectivity index (χ0v) is 16.7. The van der Waals surface area contributed by atoms with Gasteiger partial charge >= 0.3 is 0 Å². The van der Waals surface area contributed by atoms with Gasteiger partial charge in [0.2, 0.25) is 5.13 Å². The van der Waals surface area contributed by atoms with Gasteiger partial charge in [0.05, 0.1) is 16.8 Å². The van der Waals surface area contributed by atoms with Crippen molar-refractivity contribution in [1.29, 1.82) is 0 Å². The Morgan fingerprint density at radius 2 is 1.54 bits per heavy atom. The zero-order valence-electron chi connectivity index (χ0n) is 15.9. The van der Waals surface area contributed by atoms with Crippen molar-refractivity contribution < 1.29 is 0 Å². The molecule has 0 radical (unpaired) electrons. The molecule has 0 aliphatic heterocycles. The molecule has 4 heteroatoms. The maximum absolute atomic E-state index is 4.85. The van der Waals surface area contributed by atoms with E-state index in [-0.39, 0.29) is 0 Å². The molecule has 0 saturated heterocycles. The van der Waals surface area contributed by atoms with Gasteiger partial charge in [-0.15, -0.1) is 0 Å². The average Bonchev–Trinajstić information content (AvgIpc) is 3.16. The normalized spacial score (nSPS) is 11.1. The number of benzene rings is 3. The molecule has 4 rings (SSSR count). The highest BCUT2D eigenvalue weighted by Crippen LogP contribution is 2.39. The second-order valence-corrected chi connectivity index (χ2v) is 7.64. The van der Waals surface area contributed by atoms with E-state index in [0.29, 0.717) is 0 Å². The molecule has 138 valence electrons. The lowest BCUT2D eigenvalue weighted by Gasteiger charge is -2.05. The van der Waals surface area contributed by atoms with Gasteiger partial charge < -0.3 is 0 Å². The third-order valence-corrected chi connectivity index (χ3v) is 5.63. The van der Waals surface area contributed by atoms with Gasteiger partial charge in [-0.3, -0.25) is 5.43 Å². The van der Waals surface area contributed by atoms with Crippen LogP contribution in [-0.2, 0) is 0 Å². The second-order valence-electron chi connectivity index (χ2n) is 6.64. The Balaban J connectivity index is 1.70. The summed E-state index contributed by atoms with van der Waals surface area (Å²) in [5.41, 5.74) is 9.96. The SMILES string of the molecule is Cc1ccc(-c2nc(N/N=C\c3ccccc3)sc2-c2ccccc2)cc1C. The van der Waals surface area contributed by atoms with Crippen LogP contribution in [0.25, 0.3) is 21.7 Å². The Kier molecular flexibility index (Phi) is 5.31. The molecular formula is C24H21N3S. The molecule has 4 aromatic rings. The fourth-order valence-electron chi connectivity index (χ4n) is 2.94. The molecule has 1 N–H and O–H groups in total. The Labute approximate surface area is 169 Å². The first-order chi connectivity index (χ1) is 13.7. The lowest BCUT2D eigenvalue weighted by molar-refractivity contribution is 1.28. The van der Waals surface area contributed by atoms with E-state index in [1.165, 1.54) is 11.1 Å². The van der Waals surface area contributed by atoms with E-state index in [1.54, 1.807) is 17.6 Å². The minimum Gasteiger partial charge on any atom is -0.253 e. The maximum atomic E-state index is 4.85. The summed E-state index contributed by atoms with van der Waals surface area (Å²) < 4.78 is 0. The number of aromatic nitrogens is 1. The molecule has 1 heterocycles. The van der Waals surface area contributed by atoms with E-state index in [1.807, 2.05) is 36.4 Å². The molecule has 0 atom stereocenters. The fraction of sp³-hybridized carbons (Fsp3) is 0.0833. The van der Waals surface area contributed by atoms with Crippen molar-refractivity contribution in [3.05, 3.63) is 95.6 Å². The summed E-state index contributed by atoms with van der Waals surface area (Å²) >= 11 is 1.62. The van der Waals surface area contributed by atoms with Crippen LogP contribution in [0, 0.1) is 13.8 Å². The largest absolute Gasteiger partial charge is 0.253 e. The number of hydrogen-bond donors (Lipinski definition) is 1. The highest BCUT2D eigenvalue weighted by Gasteiger charge is 2.15. The lowest BCUT2D eigenvalue weighted by Crippen LogP contribution is -1.90. The zero-order chi connectivity index (χ0) is 19.3. The summed E-state index contributed by atoms with van der Waals surface area (Å²) in [7, 11) is 0. The van der Waals surface area contributed by atoms with E-state index >= 15 is 0 Å². The first kappa shape index (κ1) is 18.1. The number of rotatable bonds is 5. The van der Waals surface area contributed by atoms with Gasteiger partial charge in [0.15, 0.2) is 0 Å². The molecule has 3 aromatic carbocycles. The number of nitrogens with zero attached hydrogens (tertiary/aromatic N) is 2. The predicted octanol–water partition coefficient (Wildman–Crippen LogP) is 6.54. The highest BCUT2D eigenvalue weighted by atomic mass is 32.1. The average molecular weight is 384 g/mol. The van der Waals surface area contributed by atoms with Crippen molar-refractivity contribution in [2.75, 3.05) is 5.43 Å². The van der Waals surface area contributed by atoms with Crippen molar-refractivity contribution in [3.8, 4) is 21.7 Å². The summed E-state index contributed by atoms with van der Waals surface area (Å²) in [6, 6.07) is 26.9. The van der Waals surface area contributed by atoms with Crippen LogP contribution in [-0.4, -0.2) is 11.2 Å². The molecule has 3 nitrogen and oxygen atoms in total. The smallest absolute Gasteiger partial charge is 0.204 e. The fourth-order valence-corrected chi connectivity index (χ4v) is 3.88. The quantitative estimate of drug-likeness (QED) is 0.314. The van der Waals surface area contributed by atoms with Crippen molar-refractivity contribution in [1.82, 2.24) is 4.98 Å². The van der Waals surface area contributed by atoms with Gasteiger partial charge in [0, 0.05) is 5.56 Å². The van der Waals surface area contributed by atoms with Gasteiger partial charge in [-0.05, 0) is 42.2 Å². The van der Waals surface area contributed by atoms with Crippen LogP contribution >= 0.6 is 11.3 Å². The minimum atomic E-state index is 0.777. The van der Waals surface area contributed by atoms with Crippen molar-refractivity contribution in [2.45, 2.75) is 13.8 Å². The summed E-state index contributed by atoms with van der Waals surface area (Å²) in [6.07, 6.45) is 1.80. The van der Waals surface area contributed by atoms with Crippen LogP contribution < -0.4 is 5.43 Å². The van der Waals surface area contributed by atoms with Gasteiger partial charge in [0.25, 0.3) is 0 Å². The monoisotopic (exact) mass is 383 g/mol. The molecule has 1 aromatic heterocycles. The van der Waals surface area contributed by atoms with Gasteiger partial charge in [-0.2, -0.15) is 5.10 Å².